The zero-order valence-corrected chi connectivity index (χ0v) is 41.8. The van der Waals surface area contributed by atoms with Crippen molar-refractivity contribution in [2.24, 2.45) is 0 Å². The Hall–Kier alpha value is -4.12. The van der Waals surface area contributed by atoms with Gasteiger partial charge < -0.3 is 9.47 Å². The molecule has 0 aromatic heterocycles. The van der Waals surface area contributed by atoms with Crippen molar-refractivity contribution in [3.63, 3.8) is 0 Å². The van der Waals surface area contributed by atoms with Gasteiger partial charge in [-0.05, 0) is 158 Å². The van der Waals surface area contributed by atoms with Crippen LogP contribution in [0.1, 0.15) is 153 Å². The first-order valence-corrected chi connectivity index (χ1v) is 26.5. The zero-order chi connectivity index (χ0) is 44.4. The van der Waals surface area contributed by atoms with Crippen LogP contribution in [0.5, 0.6) is 11.5 Å². The third-order valence-corrected chi connectivity index (χ3v) is 13.9. The highest BCUT2D eigenvalue weighted by atomic mass is 79.9. The van der Waals surface area contributed by atoms with Gasteiger partial charge in [0.05, 0.1) is 16.6 Å². The zero-order valence-electron chi connectivity index (χ0n) is 38.7. The summed E-state index contributed by atoms with van der Waals surface area (Å²) in [6.45, 7) is 6.08. The molecule has 0 bridgehead atoms. The third-order valence-electron chi connectivity index (χ3n) is 13.1. The summed E-state index contributed by atoms with van der Waals surface area (Å²) in [6.07, 6.45) is 26.4. The number of ether oxygens (including phenoxy) is 2. The molecule has 0 N–H and O–H groups in total. The molecule has 0 heterocycles. The Kier molecular flexibility index (Phi) is 19.1. The van der Waals surface area contributed by atoms with Crippen LogP contribution < -0.4 is 19.9 Å². The topological polar surface area (TPSA) is 18.5 Å². The second-order valence-corrected chi connectivity index (χ2v) is 20.6. The van der Waals surface area contributed by atoms with E-state index in [0.29, 0.717) is 0 Å². The normalized spacial score (nSPS) is 11.6. The van der Waals surface area contributed by atoms with Crippen LogP contribution in [0.2, 0.25) is 0 Å². The maximum Gasteiger partial charge on any atom is 0.119 e. The van der Waals surface area contributed by atoms with E-state index in [-0.39, 0.29) is 0 Å². The molecule has 0 unspecified atom stereocenters. The summed E-state index contributed by atoms with van der Waals surface area (Å²) in [5.41, 5.74) is 3.51. The highest BCUT2D eigenvalue weighted by Gasteiger charge is 2.17. The molecule has 2 nitrogen and oxygen atoms in total. The van der Waals surface area contributed by atoms with Crippen molar-refractivity contribution in [3.8, 4) is 11.5 Å². The molecule has 0 saturated carbocycles. The Balaban J connectivity index is 1.22. The molecule has 0 aliphatic heterocycles. The molecule has 0 saturated heterocycles. The minimum atomic E-state index is 0.752. The van der Waals surface area contributed by atoms with Crippen molar-refractivity contribution in [2.45, 2.75) is 142 Å². The Morgan fingerprint density at radius 3 is 0.969 bits per heavy atom. The fraction of sp³-hybridized carbons (Fsp3) is 0.400. The van der Waals surface area contributed by atoms with Gasteiger partial charge in [-0.1, -0.05) is 202 Å². The molecular formula is C60H70Br2O2. The van der Waals surface area contributed by atoms with E-state index in [1.54, 1.807) is 0 Å². The molecule has 0 amide bonds. The van der Waals surface area contributed by atoms with Crippen LogP contribution in [-0.4, -0.2) is 13.2 Å². The van der Waals surface area contributed by atoms with Gasteiger partial charge in [0, 0.05) is 5.22 Å². The highest BCUT2D eigenvalue weighted by molar-refractivity contribution is 9.33. The van der Waals surface area contributed by atoms with E-state index >= 15 is 0 Å². The number of benzene rings is 7. The molecule has 336 valence electrons. The van der Waals surface area contributed by atoms with Gasteiger partial charge in [-0.15, -0.1) is 0 Å². The van der Waals surface area contributed by atoms with Crippen molar-refractivity contribution in [1.29, 1.82) is 0 Å². The molecule has 64 heavy (non-hydrogen) atoms. The third kappa shape index (κ3) is 13.0. The number of halogens is 2. The predicted octanol–water partition coefficient (Wildman–Crippen LogP) is 18.0. The Morgan fingerprint density at radius 1 is 0.359 bits per heavy atom. The van der Waals surface area contributed by atoms with Crippen LogP contribution in [0.4, 0.5) is 0 Å². The van der Waals surface area contributed by atoms with E-state index in [2.05, 4.69) is 167 Å². The molecule has 0 fully saturated rings. The van der Waals surface area contributed by atoms with Gasteiger partial charge in [-0.25, -0.2) is 0 Å². The number of hydrogen-bond donors (Lipinski definition) is 0. The maximum atomic E-state index is 6.37. The molecule has 7 rings (SSSR count). The Labute approximate surface area is 400 Å². The summed E-state index contributed by atoms with van der Waals surface area (Å²) in [6, 6.07) is 44.7. The lowest BCUT2D eigenvalue weighted by molar-refractivity contribution is 0.304. The predicted molar refractivity (Wildman–Crippen MR) is 286 cm³/mol. The summed E-state index contributed by atoms with van der Waals surface area (Å²) in [5.74, 6) is 1.85. The quantitative estimate of drug-likeness (QED) is 0.0398. The fourth-order valence-electron chi connectivity index (χ4n) is 9.52. The Morgan fingerprint density at radius 2 is 0.656 bits per heavy atom. The van der Waals surface area contributed by atoms with Crippen LogP contribution in [0, 0.1) is 0 Å². The fourth-order valence-corrected chi connectivity index (χ4v) is 10.4. The summed E-state index contributed by atoms with van der Waals surface area (Å²) in [5, 5.41) is 12.1. The van der Waals surface area contributed by atoms with Crippen LogP contribution in [-0.2, 0) is 0 Å². The lowest BCUT2D eigenvalue weighted by atomic mass is 9.87. The first kappa shape index (κ1) is 47.8. The van der Waals surface area contributed by atoms with Crippen molar-refractivity contribution in [1.82, 2.24) is 0 Å². The SMILES string of the molecule is CCCCCCCCCCCCOc1ccc(C(c2ccc(OCCCCCCCCCCCC)cc2)=c2c3cc4ccccc4cc3c(=C(Br)Br)c3cc4ccccc4cc23)cc1. The molecule has 0 radical (unpaired) electrons. The number of unbranched alkanes of at least 4 members (excludes halogenated alkanes) is 18. The largest absolute Gasteiger partial charge is 0.494 e. The monoisotopic (exact) mass is 980 g/mol. The van der Waals surface area contributed by atoms with E-state index in [0.717, 1.165) is 57.3 Å². The first-order chi connectivity index (χ1) is 31.6. The van der Waals surface area contributed by atoms with Crippen molar-refractivity contribution < 1.29 is 9.47 Å². The van der Waals surface area contributed by atoms with Gasteiger partial charge in [-0.2, -0.15) is 0 Å². The van der Waals surface area contributed by atoms with E-state index in [4.69, 9.17) is 9.47 Å². The standard InChI is InChI=1S/C60H70Br2O2/c1-3-5-7-9-11-13-15-17-19-25-39-63-51-35-31-45(32-36-51)57(46-33-37-52(38-34-46)64-40-26-20-18-16-14-12-10-8-6-4-2)58-53-41-47-27-21-23-29-49(47)43-55(53)59(60(61)62)56-44-50-30-24-22-28-48(50)42-54(56)58/h21-24,27-38,41-44H,3-20,25-26,39-40H2,1-2H3. The van der Waals surface area contributed by atoms with E-state index in [1.807, 2.05) is 0 Å². The smallest absolute Gasteiger partial charge is 0.119 e. The average Bonchev–Trinajstić information content (AvgIpc) is 3.32. The molecule has 0 aliphatic carbocycles. The maximum absolute atomic E-state index is 6.37. The molecule has 0 aliphatic rings. The molecule has 4 heteroatoms. The van der Waals surface area contributed by atoms with Crippen molar-refractivity contribution in [3.05, 3.63) is 143 Å². The highest BCUT2D eigenvalue weighted by Crippen LogP contribution is 2.32. The molecule has 0 atom stereocenters. The van der Waals surface area contributed by atoms with Gasteiger partial charge in [0.2, 0.25) is 0 Å². The van der Waals surface area contributed by atoms with Crippen LogP contribution in [0.3, 0.4) is 0 Å². The van der Waals surface area contributed by atoms with Crippen LogP contribution >= 0.6 is 31.9 Å². The van der Waals surface area contributed by atoms with Crippen LogP contribution in [0.15, 0.2) is 121 Å². The summed E-state index contributed by atoms with van der Waals surface area (Å²) >= 11 is 7.84. The summed E-state index contributed by atoms with van der Waals surface area (Å²) in [4.78, 5) is 0. The minimum absolute atomic E-state index is 0.752. The first-order valence-electron chi connectivity index (χ1n) is 24.9. The average molecular weight is 983 g/mol. The van der Waals surface area contributed by atoms with Crippen molar-refractivity contribution >= 4 is 83.9 Å². The van der Waals surface area contributed by atoms with Gasteiger partial charge in [0.25, 0.3) is 0 Å². The minimum Gasteiger partial charge on any atom is -0.494 e. The van der Waals surface area contributed by atoms with E-state index in [9.17, 15) is 0 Å². The second kappa shape index (κ2) is 25.5. The van der Waals surface area contributed by atoms with Gasteiger partial charge >= 0.3 is 0 Å². The van der Waals surface area contributed by atoms with Gasteiger partial charge in [-0.3, -0.25) is 0 Å². The van der Waals surface area contributed by atoms with Gasteiger partial charge in [0.1, 0.15) is 11.5 Å². The van der Waals surface area contributed by atoms with Crippen LogP contribution in [0.25, 0.3) is 52.1 Å². The van der Waals surface area contributed by atoms with Crippen molar-refractivity contribution in [2.75, 3.05) is 13.2 Å². The lowest BCUT2D eigenvalue weighted by Gasteiger charge is -2.17. The molecule has 0 spiro atoms. The molecule has 7 aromatic carbocycles. The number of rotatable bonds is 26. The van der Waals surface area contributed by atoms with E-state index < -0.39 is 0 Å². The molecular weight excluding hydrogens is 912 g/mol. The Bertz CT molecular complexity index is 2490. The lowest BCUT2D eigenvalue weighted by Crippen LogP contribution is -2.19. The van der Waals surface area contributed by atoms with Gasteiger partial charge in [0.15, 0.2) is 0 Å². The number of hydrogen-bond acceptors (Lipinski definition) is 2. The molecule has 7 aromatic rings. The number of fused-ring (bicyclic) bond motifs is 4. The summed E-state index contributed by atoms with van der Waals surface area (Å²) in [7, 11) is 0. The second-order valence-electron chi connectivity index (χ2n) is 18.0. The summed E-state index contributed by atoms with van der Waals surface area (Å²) < 4.78 is 13.7. The van der Waals surface area contributed by atoms with E-state index in [1.165, 1.54) is 169 Å².